The first kappa shape index (κ1) is 14.3. The van der Waals surface area contributed by atoms with Crippen LogP contribution in [0.5, 0.6) is 0 Å². The highest BCUT2D eigenvalue weighted by Gasteiger charge is 2.13. The number of rotatable bonds is 4. The maximum Gasteiger partial charge on any atom is 0.240 e. The maximum atomic E-state index is 12.8. The van der Waals surface area contributed by atoms with Gasteiger partial charge in [0, 0.05) is 5.69 Å². The molecule has 0 atom stereocenters. The van der Waals surface area contributed by atoms with Gasteiger partial charge in [0.05, 0.1) is 16.3 Å². The van der Waals surface area contributed by atoms with Gasteiger partial charge in [-0.1, -0.05) is 0 Å². The van der Waals surface area contributed by atoms with Crippen molar-refractivity contribution < 1.29 is 12.8 Å². The second-order valence-corrected chi connectivity index (χ2v) is 5.98. The zero-order chi connectivity index (χ0) is 14.8. The number of hydrogen-bond acceptors (Lipinski definition) is 4. The summed E-state index contributed by atoms with van der Waals surface area (Å²) in [5, 5.41) is 2.95. The van der Waals surface area contributed by atoms with Gasteiger partial charge in [0.2, 0.25) is 10.0 Å². The summed E-state index contributed by atoms with van der Waals surface area (Å²) < 4.78 is 38.5. The molecule has 7 heteroatoms. The van der Waals surface area contributed by atoms with Crippen molar-refractivity contribution in [1.82, 2.24) is 4.72 Å². The molecule has 106 valence electrons. The van der Waals surface area contributed by atoms with Gasteiger partial charge in [-0.25, -0.2) is 17.5 Å². The van der Waals surface area contributed by atoms with Crippen molar-refractivity contribution in [2.75, 3.05) is 18.1 Å². The number of nitrogens with two attached hydrogens (primary N) is 1. The second-order valence-electron chi connectivity index (χ2n) is 4.09. The minimum atomic E-state index is -3.54. The van der Waals surface area contributed by atoms with E-state index in [2.05, 4.69) is 10.0 Å². The zero-order valence-corrected chi connectivity index (χ0v) is 11.5. The van der Waals surface area contributed by atoms with E-state index in [1.807, 2.05) is 0 Å². The van der Waals surface area contributed by atoms with Crippen LogP contribution in [-0.2, 0) is 10.0 Å². The highest BCUT2D eigenvalue weighted by Crippen LogP contribution is 2.26. The number of halogens is 1. The van der Waals surface area contributed by atoms with Gasteiger partial charge in [0.15, 0.2) is 0 Å². The molecule has 0 radical (unpaired) electrons. The van der Waals surface area contributed by atoms with Crippen LogP contribution >= 0.6 is 0 Å². The average Bonchev–Trinajstić information content (AvgIpc) is 2.43. The highest BCUT2D eigenvalue weighted by atomic mass is 32.2. The van der Waals surface area contributed by atoms with Crippen molar-refractivity contribution in [2.45, 2.75) is 4.90 Å². The van der Waals surface area contributed by atoms with Gasteiger partial charge >= 0.3 is 0 Å². The molecule has 0 fully saturated rings. The predicted octanol–water partition coefficient (Wildman–Crippen LogP) is 2.06. The molecular formula is C13H14FN3O2S. The molecule has 0 saturated heterocycles. The number of nitrogens with one attached hydrogen (secondary N) is 2. The summed E-state index contributed by atoms with van der Waals surface area (Å²) in [6.07, 6.45) is 0. The molecule has 0 aliphatic heterocycles. The Kier molecular flexibility index (Phi) is 3.91. The number of hydrogen-bond donors (Lipinski definition) is 3. The number of anilines is 3. The molecule has 0 spiro atoms. The minimum Gasteiger partial charge on any atom is -0.397 e. The summed E-state index contributed by atoms with van der Waals surface area (Å²) in [6.45, 7) is 0. The normalized spacial score (nSPS) is 11.3. The van der Waals surface area contributed by atoms with Crippen LogP contribution in [0.1, 0.15) is 0 Å². The lowest BCUT2D eigenvalue weighted by Crippen LogP contribution is -2.18. The molecule has 0 heterocycles. The Labute approximate surface area is 116 Å². The van der Waals surface area contributed by atoms with Crippen LogP contribution in [-0.4, -0.2) is 15.5 Å². The van der Waals surface area contributed by atoms with Crippen LogP contribution in [0, 0.1) is 5.82 Å². The quantitative estimate of drug-likeness (QED) is 0.754. The molecule has 0 unspecified atom stereocenters. The first-order valence-corrected chi connectivity index (χ1v) is 7.26. The summed E-state index contributed by atoms with van der Waals surface area (Å²) >= 11 is 0. The smallest absolute Gasteiger partial charge is 0.240 e. The monoisotopic (exact) mass is 295 g/mol. The minimum absolute atomic E-state index is 0.0961. The average molecular weight is 295 g/mol. The topological polar surface area (TPSA) is 84.2 Å². The zero-order valence-electron chi connectivity index (χ0n) is 10.7. The van der Waals surface area contributed by atoms with Crippen molar-refractivity contribution >= 4 is 27.1 Å². The Morgan fingerprint density at radius 1 is 1.10 bits per heavy atom. The highest BCUT2D eigenvalue weighted by molar-refractivity contribution is 7.89. The molecule has 2 rings (SSSR count). The molecule has 0 saturated carbocycles. The third-order valence-corrected chi connectivity index (χ3v) is 4.14. The number of benzene rings is 2. The van der Waals surface area contributed by atoms with E-state index in [0.717, 1.165) is 0 Å². The molecule has 0 bridgehead atoms. The summed E-state index contributed by atoms with van der Waals surface area (Å²) in [7, 11) is -2.21. The Balaban J connectivity index is 2.36. The fourth-order valence-corrected chi connectivity index (χ4v) is 2.37. The summed E-state index contributed by atoms with van der Waals surface area (Å²) in [6, 6.07) is 10.00. The molecule has 0 aliphatic carbocycles. The van der Waals surface area contributed by atoms with Crippen molar-refractivity contribution in [3.63, 3.8) is 0 Å². The first-order valence-electron chi connectivity index (χ1n) is 5.78. The van der Waals surface area contributed by atoms with Crippen LogP contribution in [0.15, 0.2) is 47.4 Å². The Hall–Kier alpha value is -2.12. The fraction of sp³-hybridized carbons (Fsp3) is 0.0769. The predicted molar refractivity (Wildman–Crippen MR) is 76.8 cm³/mol. The molecule has 20 heavy (non-hydrogen) atoms. The van der Waals surface area contributed by atoms with Crippen molar-refractivity contribution in [3.8, 4) is 0 Å². The lowest BCUT2D eigenvalue weighted by molar-refractivity contribution is 0.588. The molecule has 0 amide bonds. The Morgan fingerprint density at radius 2 is 1.75 bits per heavy atom. The van der Waals surface area contributed by atoms with Gasteiger partial charge in [-0.2, -0.15) is 0 Å². The first-order chi connectivity index (χ1) is 9.42. The number of nitrogen functional groups attached to an aromatic ring is 1. The van der Waals surface area contributed by atoms with E-state index in [1.165, 1.54) is 49.5 Å². The molecular weight excluding hydrogens is 281 g/mol. The van der Waals surface area contributed by atoms with Gasteiger partial charge in [0.1, 0.15) is 5.82 Å². The molecule has 4 N–H and O–H groups in total. The van der Waals surface area contributed by atoms with Gasteiger partial charge in [-0.05, 0) is 49.5 Å². The lowest BCUT2D eigenvalue weighted by Gasteiger charge is -2.11. The van der Waals surface area contributed by atoms with E-state index in [4.69, 9.17) is 5.73 Å². The summed E-state index contributed by atoms with van der Waals surface area (Å²) in [5.41, 5.74) is 7.24. The largest absolute Gasteiger partial charge is 0.397 e. The van der Waals surface area contributed by atoms with Crippen molar-refractivity contribution in [1.29, 1.82) is 0 Å². The van der Waals surface area contributed by atoms with Gasteiger partial charge in [-0.3, -0.25) is 0 Å². The Bertz CT molecular complexity index is 715. The lowest BCUT2D eigenvalue weighted by atomic mass is 10.2. The maximum absolute atomic E-state index is 12.8. The molecule has 0 aliphatic rings. The standard InChI is InChI=1S/C13H14FN3O2S/c1-16-20(18,19)11-6-7-12(15)13(8-11)17-10-4-2-9(14)3-5-10/h2-8,16-17H,15H2,1H3. The van der Waals surface area contributed by atoms with Gasteiger partial charge < -0.3 is 11.1 Å². The van der Waals surface area contributed by atoms with Crippen LogP contribution in [0.25, 0.3) is 0 Å². The summed E-state index contributed by atoms with van der Waals surface area (Å²) in [5.74, 6) is -0.352. The van der Waals surface area contributed by atoms with E-state index in [1.54, 1.807) is 0 Å². The molecule has 2 aromatic carbocycles. The second kappa shape index (κ2) is 5.48. The fourth-order valence-electron chi connectivity index (χ4n) is 1.62. The van der Waals surface area contributed by atoms with E-state index in [0.29, 0.717) is 17.1 Å². The summed E-state index contributed by atoms with van der Waals surface area (Å²) in [4.78, 5) is 0.0961. The van der Waals surface area contributed by atoms with E-state index >= 15 is 0 Å². The van der Waals surface area contributed by atoms with Crippen LogP contribution in [0.2, 0.25) is 0 Å². The third kappa shape index (κ3) is 3.06. The van der Waals surface area contributed by atoms with Gasteiger partial charge in [0.25, 0.3) is 0 Å². The Morgan fingerprint density at radius 3 is 2.35 bits per heavy atom. The van der Waals surface area contributed by atoms with E-state index in [9.17, 15) is 12.8 Å². The van der Waals surface area contributed by atoms with Crippen molar-refractivity contribution in [2.24, 2.45) is 0 Å². The molecule has 5 nitrogen and oxygen atoms in total. The molecule has 0 aromatic heterocycles. The van der Waals surface area contributed by atoms with Crippen LogP contribution in [0.4, 0.5) is 21.5 Å². The van der Waals surface area contributed by atoms with E-state index in [-0.39, 0.29) is 10.7 Å². The van der Waals surface area contributed by atoms with Crippen molar-refractivity contribution in [3.05, 3.63) is 48.3 Å². The number of sulfonamides is 1. The molecule has 2 aromatic rings. The van der Waals surface area contributed by atoms with Gasteiger partial charge in [-0.15, -0.1) is 0 Å². The van der Waals surface area contributed by atoms with Crippen LogP contribution in [0.3, 0.4) is 0 Å². The SMILES string of the molecule is CNS(=O)(=O)c1ccc(N)c(Nc2ccc(F)cc2)c1. The third-order valence-electron chi connectivity index (χ3n) is 2.73. The van der Waals surface area contributed by atoms with E-state index < -0.39 is 10.0 Å². The van der Waals surface area contributed by atoms with Crippen LogP contribution < -0.4 is 15.8 Å².